The van der Waals surface area contributed by atoms with Crippen molar-refractivity contribution in [3.8, 4) is 12.0 Å². The summed E-state index contributed by atoms with van der Waals surface area (Å²) in [5.74, 6) is 1.48. The number of methoxy groups -OCH3 is 2. The third kappa shape index (κ3) is 2.61. The second-order valence-corrected chi connectivity index (χ2v) is 4.91. The lowest BCUT2D eigenvalue weighted by atomic mass is 10.2. The van der Waals surface area contributed by atoms with Gasteiger partial charge < -0.3 is 19.4 Å². The third-order valence-electron chi connectivity index (χ3n) is 3.50. The summed E-state index contributed by atoms with van der Waals surface area (Å²) < 4.78 is 10.2. The molecule has 0 bridgehead atoms. The van der Waals surface area contributed by atoms with Gasteiger partial charge >= 0.3 is 12.0 Å². The number of aryl methyl sites for hydroxylation is 1. The molecule has 8 heteroatoms. The van der Waals surface area contributed by atoms with Crippen molar-refractivity contribution in [2.24, 2.45) is 0 Å². The average Bonchev–Trinajstić information content (AvgIpc) is 3.14. The molecule has 0 unspecified atom stereocenters. The molecule has 8 nitrogen and oxygen atoms in total. The van der Waals surface area contributed by atoms with Gasteiger partial charge in [0.05, 0.1) is 20.3 Å². The van der Waals surface area contributed by atoms with Crippen LogP contribution in [0, 0.1) is 6.92 Å². The molecule has 0 aromatic carbocycles. The van der Waals surface area contributed by atoms with Crippen molar-refractivity contribution in [2.75, 3.05) is 25.7 Å². The summed E-state index contributed by atoms with van der Waals surface area (Å²) >= 11 is 0. The molecule has 0 amide bonds. The number of nitrogens with zero attached hydrogens (tertiary/aromatic N) is 5. The van der Waals surface area contributed by atoms with Crippen LogP contribution in [-0.2, 0) is 0 Å². The summed E-state index contributed by atoms with van der Waals surface area (Å²) in [5, 5.41) is 0. The Balaban J connectivity index is 1.94. The first-order valence-corrected chi connectivity index (χ1v) is 6.83. The lowest BCUT2D eigenvalue weighted by Crippen LogP contribution is -2.26. The minimum absolute atomic E-state index is 0.135. The summed E-state index contributed by atoms with van der Waals surface area (Å²) in [7, 11) is 3.05. The zero-order chi connectivity index (χ0) is 14.8. The number of imidazole rings is 1. The van der Waals surface area contributed by atoms with E-state index in [4.69, 9.17) is 9.47 Å². The van der Waals surface area contributed by atoms with Crippen LogP contribution in [0.15, 0.2) is 6.20 Å². The molecular weight excluding hydrogens is 272 g/mol. The molecule has 112 valence electrons. The van der Waals surface area contributed by atoms with Crippen LogP contribution in [0.1, 0.15) is 30.4 Å². The van der Waals surface area contributed by atoms with Gasteiger partial charge in [0, 0.05) is 18.4 Å². The Labute approximate surface area is 122 Å². The highest BCUT2D eigenvalue weighted by Gasteiger charge is 2.31. The quantitative estimate of drug-likeness (QED) is 0.906. The molecule has 1 aliphatic rings. The molecule has 3 heterocycles. The Morgan fingerprint density at radius 2 is 1.90 bits per heavy atom. The van der Waals surface area contributed by atoms with Crippen molar-refractivity contribution in [1.29, 1.82) is 0 Å². The third-order valence-corrected chi connectivity index (χ3v) is 3.50. The highest BCUT2D eigenvalue weighted by atomic mass is 16.5. The summed E-state index contributed by atoms with van der Waals surface area (Å²) in [6.07, 6.45) is 3.89. The van der Waals surface area contributed by atoms with Gasteiger partial charge in [-0.3, -0.25) is 0 Å². The van der Waals surface area contributed by atoms with Gasteiger partial charge in [-0.05, 0) is 19.8 Å². The number of H-pyrrole nitrogens is 1. The van der Waals surface area contributed by atoms with Crippen LogP contribution >= 0.6 is 0 Å². The van der Waals surface area contributed by atoms with Gasteiger partial charge in [0.1, 0.15) is 5.82 Å². The fraction of sp³-hybridized carbons (Fsp3) is 0.538. The van der Waals surface area contributed by atoms with Crippen LogP contribution < -0.4 is 14.4 Å². The van der Waals surface area contributed by atoms with Gasteiger partial charge in [-0.15, -0.1) is 4.98 Å². The van der Waals surface area contributed by atoms with E-state index in [-0.39, 0.29) is 18.1 Å². The van der Waals surface area contributed by atoms with Crippen LogP contribution in [0.3, 0.4) is 0 Å². The molecular formula is C13H18N6O2. The minimum Gasteiger partial charge on any atom is -0.467 e. The Hall–Kier alpha value is -2.38. The standard InChI is InChI=1S/C13H18N6O2/c1-8-7-14-10(15-8)9-5-4-6-19(9)11-16-12(20-2)18-13(17-11)21-3/h7,9H,4-6H2,1-3H3,(H,14,15)/t9-/m1/s1. The Morgan fingerprint density at radius 3 is 2.48 bits per heavy atom. The number of hydrogen-bond donors (Lipinski definition) is 1. The number of hydrogen-bond acceptors (Lipinski definition) is 7. The zero-order valence-electron chi connectivity index (χ0n) is 12.3. The maximum atomic E-state index is 5.11. The average molecular weight is 290 g/mol. The minimum atomic E-state index is 0.135. The van der Waals surface area contributed by atoms with Gasteiger partial charge in [0.2, 0.25) is 5.95 Å². The molecule has 1 saturated heterocycles. The number of anilines is 1. The van der Waals surface area contributed by atoms with Crippen LogP contribution in [-0.4, -0.2) is 45.7 Å². The second kappa shape index (κ2) is 5.55. The molecule has 0 spiro atoms. The fourth-order valence-corrected chi connectivity index (χ4v) is 2.53. The lowest BCUT2D eigenvalue weighted by Gasteiger charge is -2.23. The molecule has 0 aliphatic carbocycles. The van der Waals surface area contributed by atoms with E-state index in [9.17, 15) is 0 Å². The molecule has 2 aromatic heterocycles. The van der Waals surface area contributed by atoms with Crippen molar-refractivity contribution in [3.05, 3.63) is 17.7 Å². The maximum absolute atomic E-state index is 5.11. The molecule has 0 saturated carbocycles. The molecule has 1 N–H and O–H groups in total. The summed E-state index contributed by atoms with van der Waals surface area (Å²) in [4.78, 5) is 22.5. The van der Waals surface area contributed by atoms with Crippen molar-refractivity contribution < 1.29 is 9.47 Å². The van der Waals surface area contributed by atoms with E-state index in [0.29, 0.717) is 5.95 Å². The molecule has 3 rings (SSSR count). The van der Waals surface area contributed by atoms with Gasteiger partial charge in [-0.1, -0.05) is 0 Å². The van der Waals surface area contributed by atoms with Crippen LogP contribution in [0.5, 0.6) is 12.0 Å². The topological polar surface area (TPSA) is 89.0 Å². The molecule has 1 fully saturated rings. The second-order valence-electron chi connectivity index (χ2n) is 4.91. The number of nitrogens with one attached hydrogen (secondary N) is 1. The molecule has 2 aromatic rings. The number of aromatic nitrogens is 5. The highest BCUT2D eigenvalue weighted by molar-refractivity contribution is 5.37. The van der Waals surface area contributed by atoms with Crippen LogP contribution in [0.25, 0.3) is 0 Å². The Kier molecular flexibility index (Phi) is 3.59. The number of rotatable bonds is 4. The first kappa shape index (κ1) is 13.6. The molecule has 21 heavy (non-hydrogen) atoms. The number of aromatic amines is 1. The normalized spacial score (nSPS) is 18.0. The molecule has 0 radical (unpaired) electrons. The van der Waals surface area contributed by atoms with Crippen LogP contribution in [0.2, 0.25) is 0 Å². The van der Waals surface area contributed by atoms with E-state index >= 15 is 0 Å². The van der Waals surface area contributed by atoms with Gasteiger partial charge in [-0.2, -0.15) is 9.97 Å². The van der Waals surface area contributed by atoms with E-state index in [1.165, 1.54) is 14.2 Å². The highest BCUT2D eigenvalue weighted by Crippen LogP contribution is 2.33. The molecule has 1 aliphatic heterocycles. The fourth-order valence-electron chi connectivity index (χ4n) is 2.53. The van der Waals surface area contributed by atoms with E-state index in [1.54, 1.807) is 0 Å². The number of ether oxygens (including phenoxy) is 2. The van der Waals surface area contributed by atoms with E-state index in [2.05, 4.69) is 29.8 Å². The predicted molar refractivity (Wildman–Crippen MR) is 75.6 cm³/mol. The zero-order valence-corrected chi connectivity index (χ0v) is 12.3. The van der Waals surface area contributed by atoms with E-state index < -0.39 is 0 Å². The monoisotopic (exact) mass is 290 g/mol. The van der Waals surface area contributed by atoms with Crippen molar-refractivity contribution in [2.45, 2.75) is 25.8 Å². The largest absolute Gasteiger partial charge is 0.467 e. The van der Waals surface area contributed by atoms with Crippen molar-refractivity contribution in [1.82, 2.24) is 24.9 Å². The van der Waals surface area contributed by atoms with Gasteiger partial charge in [-0.25, -0.2) is 4.98 Å². The smallest absolute Gasteiger partial charge is 0.324 e. The van der Waals surface area contributed by atoms with Gasteiger partial charge in [0.15, 0.2) is 0 Å². The summed E-state index contributed by atoms with van der Waals surface area (Å²) in [6.45, 7) is 2.85. The predicted octanol–water partition coefficient (Wildman–Crippen LogP) is 1.26. The van der Waals surface area contributed by atoms with E-state index in [0.717, 1.165) is 30.9 Å². The SMILES string of the molecule is COc1nc(OC)nc(N2CCC[C@@H]2c2ncc(C)[nH]2)n1. The first-order chi connectivity index (χ1) is 10.2. The van der Waals surface area contributed by atoms with Crippen molar-refractivity contribution in [3.63, 3.8) is 0 Å². The van der Waals surface area contributed by atoms with Crippen molar-refractivity contribution >= 4 is 5.95 Å². The Morgan fingerprint density at radius 1 is 1.19 bits per heavy atom. The first-order valence-electron chi connectivity index (χ1n) is 6.83. The molecule has 1 atom stereocenters. The van der Waals surface area contributed by atoms with E-state index in [1.807, 2.05) is 13.1 Å². The lowest BCUT2D eigenvalue weighted by molar-refractivity contribution is 0.339. The Bertz CT molecular complexity index is 607. The summed E-state index contributed by atoms with van der Waals surface area (Å²) in [5.41, 5.74) is 1.04. The maximum Gasteiger partial charge on any atom is 0.324 e. The summed E-state index contributed by atoms with van der Waals surface area (Å²) in [6, 6.07) is 0.631. The van der Waals surface area contributed by atoms with Gasteiger partial charge in [0.25, 0.3) is 0 Å². The van der Waals surface area contributed by atoms with Crippen LogP contribution in [0.4, 0.5) is 5.95 Å².